The highest BCUT2D eigenvalue weighted by Gasteiger charge is 2.18. The van der Waals surface area contributed by atoms with Crippen molar-refractivity contribution in [3.63, 3.8) is 0 Å². The minimum absolute atomic E-state index is 0.103. The summed E-state index contributed by atoms with van der Waals surface area (Å²) in [5.74, 6) is 0.736. The number of halogens is 2. The molecule has 0 aliphatic rings. The van der Waals surface area contributed by atoms with Crippen molar-refractivity contribution in [3.05, 3.63) is 39.5 Å². The summed E-state index contributed by atoms with van der Waals surface area (Å²) in [5.41, 5.74) is 6.62. The first-order valence-electron chi connectivity index (χ1n) is 5.40. The van der Waals surface area contributed by atoms with Gasteiger partial charge in [-0.1, -0.05) is 23.2 Å². The van der Waals surface area contributed by atoms with Crippen LogP contribution in [0.15, 0.2) is 18.2 Å². The second-order valence-corrected chi connectivity index (χ2v) is 4.88. The van der Waals surface area contributed by atoms with Gasteiger partial charge in [0, 0.05) is 17.1 Å². The lowest BCUT2D eigenvalue weighted by atomic mass is 10.2. The lowest BCUT2D eigenvalue weighted by Crippen LogP contribution is -2.13. The van der Waals surface area contributed by atoms with Crippen LogP contribution in [0.25, 0.3) is 0 Å². The van der Waals surface area contributed by atoms with Crippen LogP contribution in [0.3, 0.4) is 0 Å². The molecule has 0 amide bonds. The molecule has 0 atom stereocenters. The molecule has 0 radical (unpaired) electrons. The molecule has 0 fully saturated rings. The number of amidine groups is 1. The molecule has 0 unspecified atom stereocenters. The second kappa shape index (κ2) is 5.11. The molecule has 0 saturated carbocycles. The summed E-state index contributed by atoms with van der Waals surface area (Å²) in [4.78, 5) is 0. The van der Waals surface area contributed by atoms with Gasteiger partial charge in [0.15, 0.2) is 0 Å². The third kappa shape index (κ3) is 2.83. The molecule has 0 spiro atoms. The molecule has 7 heteroatoms. The Morgan fingerprint density at radius 1 is 1.32 bits per heavy atom. The first-order chi connectivity index (χ1) is 8.88. The number of nitrogens with one attached hydrogen (secondary N) is 1. The van der Waals surface area contributed by atoms with E-state index in [1.165, 1.54) is 4.68 Å². The summed E-state index contributed by atoms with van der Waals surface area (Å²) >= 11 is 11.8. The van der Waals surface area contributed by atoms with Crippen LogP contribution in [0, 0.1) is 12.3 Å². The molecule has 19 heavy (non-hydrogen) atoms. The van der Waals surface area contributed by atoms with Crippen molar-refractivity contribution in [2.45, 2.75) is 6.92 Å². The Labute approximate surface area is 120 Å². The average molecular weight is 299 g/mol. The smallest absolute Gasteiger partial charge is 0.228 e. The number of aryl methyl sites for hydroxylation is 2. The zero-order valence-electron chi connectivity index (χ0n) is 10.4. The van der Waals surface area contributed by atoms with Gasteiger partial charge in [-0.15, -0.1) is 0 Å². The number of nitrogen functional groups attached to an aromatic ring is 1. The zero-order valence-corrected chi connectivity index (χ0v) is 11.9. The van der Waals surface area contributed by atoms with E-state index in [4.69, 9.17) is 39.1 Å². The van der Waals surface area contributed by atoms with Crippen LogP contribution in [0.4, 0.5) is 0 Å². The Morgan fingerprint density at radius 3 is 2.42 bits per heavy atom. The predicted octanol–water partition coefficient (Wildman–Crippen LogP) is 3.11. The minimum atomic E-state index is -0.103. The Morgan fingerprint density at radius 2 is 1.89 bits per heavy atom. The van der Waals surface area contributed by atoms with Crippen LogP contribution < -0.4 is 10.5 Å². The molecule has 0 aliphatic carbocycles. The molecule has 3 N–H and O–H groups in total. The maximum Gasteiger partial charge on any atom is 0.228 e. The Bertz CT molecular complexity index is 631. The summed E-state index contributed by atoms with van der Waals surface area (Å²) in [6.07, 6.45) is 0. The van der Waals surface area contributed by atoms with Gasteiger partial charge in [0.2, 0.25) is 5.88 Å². The van der Waals surface area contributed by atoms with Crippen LogP contribution >= 0.6 is 23.2 Å². The molecule has 0 saturated heterocycles. The largest absolute Gasteiger partial charge is 0.438 e. The van der Waals surface area contributed by atoms with Gasteiger partial charge in [0.25, 0.3) is 0 Å². The van der Waals surface area contributed by atoms with E-state index >= 15 is 0 Å². The Balaban J connectivity index is 2.46. The standard InChI is InChI=1S/C12H12Cl2N4O/c1-6-10(11(15)16)12(18(2)17-6)19-9-4-7(13)3-8(14)5-9/h3-5H,1-2H3,(H3,15,16). The first kappa shape index (κ1) is 13.7. The molecule has 1 aromatic carbocycles. The minimum Gasteiger partial charge on any atom is -0.438 e. The van der Waals surface area contributed by atoms with Gasteiger partial charge in [0.05, 0.1) is 5.69 Å². The SMILES string of the molecule is Cc1nn(C)c(Oc2cc(Cl)cc(Cl)c2)c1C(=N)N. The highest BCUT2D eigenvalue weighted by molar-refractivity contribution is 6.34. The fraction of sp³-hybridized carbons (Fsp3) is 0.167. The average Bonchev–Trinajstić information content (AvgIpc) is 2.52. The predicted molar refractivity (Wildman–Crippen MR) is 75.5 cm³/mol. The number of nitrogens with zero attached hydrogens (tertiary/aromatic N) is 2. The van der Waals surface area contributed by atoms with Crippen molar-refractivity contribution in [2.75, 3.05) is 0 Å². The quantitative estimate of drug-likeness (QED) is 0.675. The Kier molecular flexibility index (Phi) is 3.68. The van der Waals surface area contributed by atoms with Crippen LogP contribution in [0.5, 0.6) is 11.6 Å². The number of benzene rings is 1. The fourth-order valence-electron chi connectivity index (χ4n) is 1.76. The van der Waals surface area contributed by atoms with Crippen LogP contribution in [0.2, 0.25) is 10.0 Å². The molecule has 1 aromatic heterocycles. The van der Waals surface area contributed by atoms with Gasteiger partial charge >= 0.3 is 0 Å². The normalized spacial score (nSPS) is 10.5. The van der Waals surface area contributed by atoms with Gasteiger partial charge in [-0.05, 0) is 25.1 Å². The monoisotopic (exact) mass is 298 g/mol. The zero-order chi connectivity index (χ0) is 14.2. The molecule has 2 aromatic rings. The van der Waals surface area contributed by atoms with Gasteiger partial charge in [-0.3, -0.25) is 5.41 Å². The number of hydrogen-bond acceptors (Lipinski definition) is 3. The second-order valence-electron chi connectivity index (χ2n) is 4.01. The number of nitrogens with two attached hydrogens (primary N) is 1. The molecular formula is C12H12Cl2N4O. The van der Waals surface area contributed by atoms with Gasteiger partial charge in [0.1, 0.15) is 17.1 Å². The fourth-order valence-corrected chi connectivity index (χ4v) is 2.27. The van der Waals surface area contributed by atoms with Crippen LogP contribution in [-0.2, 0) is 7.05 Å². The van der Waals surface area contributed by atoms with Crippen LogP contribution in [0.1, 0.15) is 11.3 Å². The van der Waals surface area contributed by atoms with Gasteiger partial charge in [-0.25, -0.2) is 4.68 Å². The third-order valence-corrected chi connectivity index (χ3v) is 2.93. The number of aromatic nitrogens is 2. The number of rotatable bonds is 3. The van der Waals surface area contributed by atoms with Crippen molar-refractivity contribution >= 4 is 29.0 Å². The summed E-state index contributed by atoms with van der Waals surface area (Å²) in [6.45, 7) is 1.76. The summed E-state index contributed by atoms with van der Waals surface area (Å²) in [7, 11) is 1.71. The Hall–Kier alpha value is -1.72. The molecule has 1 heterocycles. The van der Waals surface area contributed by atoms with E-state index in [0.29, 0.717) is 32.9 Å². The molecule has 100 valence electrons. The molecule has 0 bridgehead atoms. The molecule has 5 nitrogen and oxygen atoms in total. The number of ether oxygens (including phenoxy) is 1. The van der Waals surface area contributed by atoms with Gasteiger partial charge in [-0.2, -0.15) is 5.10 Å². The molecule has 2 rings (SSSR count). The third-order valence-electron chi connectivity index (χ3n) is 2.49. The van der Waals surface area contributed by atoms with E-state index in [-0.39, 0.29) is 5.84 Å². The highest BCUT2D eigenvalue weighted by atomic mass is 35.5. The maximum absolute atomic E-state index is 7.57. The van der Waals surface area contributed by atoms with E-state index in [0.717, 1.165) is 0 Å². The van der Waals surface area contributed by atoms with Gasteiger partial charge < -0.3 is 10.5 Å². The summed E-state index contributed by atoms with van der Waals surface area (Å²) in [6, 6.07) is 4.86. The lowest BCUT2D eigenvalue weighted by Gasteiger charge is -2.08. The molecular weight excluding hydrogens is 287 g/mol. The topological polar surface area (TPSA) is 76.9 Å². The van der Waals surface area contributed by atoms with E-state index in [9.17, 15) is 0 Å². The maximum atomic E-state index is 7.57. The van der Waals surface area contributed by atoms with Crippen molar-refractivity contribution in [2.24, 2.45) is 12.8 Å². The van der Waals surface area contributed by atoms with E-state index in [1.807, 2.05) is 0 Å². The van der Waals surface area contributed by atoms with Crippen molar-refractivity contribution < 1.29 is 4.74 Å². The van der Waals surface area contributed by atoms with E-state index in [1.54, 1.807) is 32.2 Å². The highest BCUT2D eigenvalue weighted by Crippen LogP contribution is 2.30. The number of hydrogen-bond donors (Lipinski definition) is 2. The van der Waals surface area contributed by atoms with Crippen molar-refractivity contribution in [3.8, 4) is 11.6 Å². The first-order valence-corrected chi connectivity index (χ1v) is 6.16. The van der Waals surface area contributed by atoms with E-state index < -0.39 is 0 Å². The summed E-state index contributed by atoms with van der Waals surface area (Å²) in [5, 5.41) is 12.7. The van der Waals surface area contributed by atoms with Crippen LogP contribution in [-0.4, -0.2) is 15.6 Å². The summed E-state index contributed by atoms with van der Waals surface area (Å²) < 4.78 is 7.21. The van der Waals surface area contributed by atoms with Crippen molar-refractivity contribution in [1.82, 2.24) is 9.78 Å². The lowest BCUT2D eigenvalue weighted by molar-refractivity contribution is 0.430. The molecule has 0 aliphatic heterocycles. The van der Waals surface area contributed by atoms with Crippen molar-refractivity contribution in [1.29, 1.82) is 5.41 Å². The van der Waals surface area contributed by atoms with E-state index in [2.05, 4.69) is 5.10 Å².